The molecular formula is C47H66FN4O8P. The third-order valence-electron chi connectivity index (χ3n) is 10.4. The summed E-state index contributed by atoms with van der Waals surface area (Å²) in [6.45, 7) is 13.6. The summed E-state index contributed by atoms with van der Waals surface area (Å²) in [4.78, 5) is 51.3. The number of likely N-dealkylation sites (tertiary alicyclic amines) is 1. The molecule has 61 heavy (non-hydrogen) atoms. The molecule has 7 rings (SSSR count). The van der Waals surface area contributed by atoms with Gasteiger partial charge in [-0.25, -0.2) is 4.39 Å². The molecule has 3 aliphatic rings. The van der Waals surface area contributed by atoms with Gasteiger partial charge in [-0.05, 0) is 92.1 Å². The monoisotopic (exact) mass is 864 g/mol. The Morgan fingerprint density at radius 2 is 1.69 bits per heavy atom. The zero-order valence-electron chi connectivity index (χ0n) is 36.6. The van der Waals surface area contributed by atoms with Crippen LogP contribution in [0, 0.1) is 17.7 Å². The van der Waals surface area contributed by atoms with E-state index < -0.39 is 18.7 Å². The minimum atomic E-state index is -3.71. The molecule has 2 heterocycles. The smallest absolute Gasteiger partial charge is 0.243 e. The predicted octanol–water partition coefficient (Wildman–Crippen LogP) is 8.22. The molecule has 334 valence electrons. The van der Waals surface area contributed by atoms with E-state index in [0.717, 1.165) is 30.0 Å². The lowest BCUT2D eigenvalue weighted by molar-refractivity contribution is -0.131. The number of H-pyrrole nitrogens is 1. The van der Waals surface area contributed by atoms with Crippen LogP contribution in [0.3, 0.4) is 0 Å². The second-order valence-electron chi connectivity index (χ2n) is 15.9. The Hall–Kier alpha value is -4.65. The number of halogens is 1. The highest BCUT2D eigenvalue weighted by Gasteiger charge is 2.65. The van der Waals surface area contributed by atoms with Crippen LogP contribution < -0.4 is 20.8 Å². The minimum absolute atomic E-state index is 0.000517. The number of aromatic amines is 1. The van der Waals surface area contributed by atoms with Gasteiger partial charge < -0.3 is 34.7 Å². The lowest BCUT2D eigenvalue weighted by Crippen LogP contribution is -2.48. The summed E-state index contributed by atoms with van der Waals surface area (Å²) in [7, 11) is -0.337. The third kappa shape index (κ3) is 15.3. The van der Waals surface area contributed by atoms with E-state index in [1.807, 2.05) is 25.1 Å². The molecule has 1 saturated heterocycles. The molecule has 14 heteroatoms. The first-order chi connectivity index (χ1) is 29.2. The summed E-state index contributed by atoms with van der Waals surface area (Å²) in [6.07, 6.45) is 9.95. The number of hydrogen-bond acceptors (Lipinski definition) is 8. The fourth-order valence-electron chi connectivity index (χ4n) is 7.03. The molecule has 0 bridgehead atoms. The van der Waals surface area contributed by atoms with Crippen molar-refractivity contribution in [3.8, 4) is 17.0 Å². The number of ether oxygens (including phenoxy) is 2. The highest BCUT2D eigenvalue weighted by atomic mass is 31.2. The number of pyridine rings is 1. The van der Waals surface area contributed by atoms with Crippen molar-refractivity contribution in [2.45, 2.75) is 96.2 Å². The average molecular weight is 865 g/mol. The van der Waals surface area contributed by atoms with Crippen molar-refractivity contribution >= 4 is 30.6 Å². The van der Waals surface area contributed by atoms with Crippen molar-refractivity contribution in [2.24, 2.45) is 11.8 Å². The highest BCUT2D eigenvalue weighted by Crippen LogP contribution is 2.70. The largest absolute Gasteiger partial charge is 0.497 e. The Kier molecular flexibility index (Phi) is 21.1. The summed E-state index contributed by atoms with van der Waals surface area (Å²) >= 11 is 0. The first kappa shape index (κ1) is 50.7. The number of rotatable bonds is 12. The number of fused-ring (bicyclic) bond motifs is 1. The van der Waals surface area contributed by atoms with Gasteiger partial charge in [0, 0.05) is 42.8 Å². The molecule has 2 amide bonds. The van der Waals surface area contributed by atoms with Crippen LogP contribution in [0.4, 0.5) is 4.39 Å². The van der Waals surface area contributed by atoms with Gasteiger partial charge >= 0.3 is 0 Å². The molecule has 4 aromatic rings. The highest BCUT2D eigenvalue weighted by molar-refractivity contribution is 7.59. The van der Waals surface area contributed by atoms with Gasteiger partial charge in [0.1, 0.15) is 22.9 Å². The van der Waals surface area contributed by atoms with Crippen LogP contribution >= 0.6 is 7.37 Å². The maximum absolute atomic E-state index is 13.1. The van der Waals surface area contributed by atoms with Crippen molar-refractivity contribution in [2.75, 3.05) is 34.0 Å². The number of methoxy groups -OCH3 is 2. The molecule has 3 aromatic carbocycles. The number of hydrogen-bond donors (Lipinski definition) is 5. The number of amides is 2. The molecule has 5 N–H and O–H groups in total. The standard InChI is InChI=1S/C18H23N2O4P.C16H12FNO2.C6H12O.C4H10.C3H9NO/c1-2-15-11-18(15,19-17(22)16-9-6-10-20(16)13-21)25(23,24)12-14-7-4-3-5-8-14;1-20-12-6-7-13-15(8-12)18-14(9-16(13)19)10-2-4-11(17)5-3-10;1-7-6-4-2-3-5-6;1-4(2)3;1-2-4-3-5/h2-5,7-8,13,15-16H,1,6,9-12H2,(H,19,22)(H,23,24);2-9H,1H3,(H,18,19);6H,2-5H2,1H3;4H,1-3H3;4-5H,2-3H2,1H3/t15?,16?,18-;;;;/m0..../s1. The van der Waals surface area contributed by atoms with Gasteiger partial charge in [0.05, 0.1) is 31.6 Å². The Morgan fingerprint density at radius 3 is 2.20 bits per heavy atom. The third-order valence-corrected chi connectivity index (χ3v) is 13.1. The Labute approximate surface area is 360 Å². The van der Waals surface area contributed by atoms with Crippen molar-refractivity contribution in [3.05, 3.63) is 113 Å². The van der Waals surface area contributed by atoms with Crippen LogP contribution in [0.25, 0.3) is 22.2 Å². The minimum Gasteiger partial charge on any atom is -0.497 e. The fraction of sp³-hybridized carbons (Fsp3) is 0.468. The van der Waals surface area contributed by atoms with E-state index in [1.54, 1.807) is 62.8 Å². The van der Waals surface area contributed by atoms with Gasteiger partial charge in [0.25, 0.3) is 0 Å². The van der Waals surface area contributed by atoms with Crippen LogP contribution in [0.2, 0.25) is 0 Å². The van der Waals surface area contributed by atoms with Gasteiger partial charge in [-0.3, -0.25) is 24.3 Å². The molecule has 12 nitrogen and oxygen atoms in total. The zero-order valence-corrected chi connectivity index (χ0v) is 37.5. The van der Waals surface area contributed by atoms with Crippen LogP contribution in [-0.2, 0) is 25.1 Å². The Morgan fingerprint density at radius 1 is 1.03 bits per heavy atom. The molecule has 0 spiro atoms. The van der Waals surface area contributed by atoms with Gasteiger partial charge in [-0.2, -0.15) is 0 Å². The summed E-state index contributed by atoms with van der Waals surface area (Å²) in [5.74, 6) is 0.612. The van der Waals surface area contributed by atoms with Crippen molar-refractivity contribution in [1.82, 2.24) is 20.5 Å². The second kappa shape index (κ2) is 25.3. The molecule has 3 unspecified atom stereocenters. The van der Waals surface area contributed by atoms with Crippen LogP contribution in [-0.4, -0.2) is 83.7 Å². The molecule has 2 aliphatic carbocycles. The summed E-state index contributed by atoms with van der Waals surface area (Å²) in [5, 5.41) is 12.9. The number of nitrogens with one attached hydrogen (secondary N) is 3. The van der Waals surface area contributed by atoms with E-state index in [2.05, 4.69) is 43.0 Å². The van der Waals surface area contributed by atoms with Crippen molar-refractivity contribution in [3.63, 3.8) is 0 Å². The Balaban J connectivity index is 0.000000243. The van der Waals surface area contributed by atoms with Gasteiger partial charge in [0.2, 0.25) is 19.7 Å². The molecule has 1 aromatic heterocycles. The molecule has 4 atom stereocenters. The van der Waals surface area contributed by atoms with E-state index in [-0.39, 0.29) is 36.0 Å². The first-order valence-electron chi connectivity index (χ1n) is 21.0. The molecule has 0 radical (unpaired) electrons. The average Bonchev–Trinajstić information content (AvgIpc) is 3.53. The summed E-state index contributed by atoms with van der Waals surface area (Å²) < 4.78 is 36.4. The lowest BCUT2D eigenvalue weighted by atomic mass is 10.1. The number of aliphatic hydroxyl groups is 1. The van der Waals surface area contributed by atoms with Gasteiger partial charge in [-0.15, -0.1) is 6.58 Å². The SMILES string of the molecule is C=CC1C[C@]1(NC(=O)C1CCCN1C=O)P(=O)(O)Cc1ccccc1.CC(C)C.CCNCO.COC1CCCC1.COc1ccc2c(=O)cc(-c3ccc(F)cc3)[nH]c2c1. The second-order valence-corrected chi connectivity index (χ2v) is 18.4. The first-order valence-corrected chi connectivity index (χ1v) is 22.9. The van der Waals surface area contributed by atoms with Crippen molar-refractivity contribution < 1.29 is 38.0 Å². The van der Waals surface area contributed by atoms with Crippen LogP contribution in [0.15, 0.2) is 96.3 Å². The maximum Gasteiger partial charge on any atom is 0.243 e. The molecule has 3 fully saturated rings. The van der Waals surface area contributed by atoms with Crippen LogP contribution in [0.1, 0.15) is 78.2 Å². The number of carbonyl (C=O) groups is 2. The number of benzene rings is 3. The van der Waals surface area contributed by atoms with E-state index in [0.29, 0.717) is 54.2 Å². The maximum atomic E-state index is 13.1. The normalized spacial score (nSPS) is 19.9. The number of aromatic nitrogens is 1. The number of carbonyl (C=O) groups excluding carboxylic acids is 2. The molecule has 1 aliphatic heterocycles. The predicted molar refractivity (Wildman–Crippen MR) is 242 cm³/mol. The number of aliphatic hydroxyl groups excluding tert-OH is 1. The summed E-state index contributed by atoms with van der Waals surface area (Å²) in [6, 6.07) is 21.3. The van der Waals surface area contributed by atoms with Gasteiger partial charge in [0.15, 0.2) is 5.43 Å². The Bertz CT molecular complexity index is 2050. The van der Waals surface area contributed by atoms with E-state index in [1.165, 1.54) is 48.8 Å². The molecule has 2 saturated carbocycles. The van der Waals surface area contributed by atoms with Gasteiger partial charge in [-0.1, -0.05) is 76.9 Å². The number of nitrogens with zero attached hydrogens (tertiary/aromatic N) is 1. The van der Waals surface area contributed by atoms with E-state index >= 15 is 0 Å². The summed E-state index contributed by atoms with van der Waals surface area (Å²) in [5.41, 5.74) is 2.77. The fourth-order valence-corrected chi connectivity index (χ4v) is 9.41. The van der Waals surface area contributed by atoms with E-state index in [4.69, 9.17) is 14.6 Å². The topological polar surface area (TPSA) is 170 Å². The molecular weight excluding hydrogens is 799 g/mol. The lowest BCUT2D eigenvalue weighted by Gasteiger charge is -2.28. The van der Waals surface area contributed by atoms with Crippen molar-refractivity contribution in [1.29, 1.82) is 0 Å². The zero-order chi connectivity index (χ0) is 45.0. The van der Waals surface area contributed by atoms with E-state index in [9.17, 15) is 28.2 Å². The quantitative estimate of drug-likeness (QED) is 0.0408. The van der Waals surface area contributed by atoms with Crippen LogP contribution in [0.5, 0.6) is 5.75 Å².